The smallest absolute Gasteiger partial charge is 0.290 e. The molecule has 2 aromatic carbocycles. The van der Waals surface area contributed by atoms with Gasteiger partial charge in [0.2, 0.25) is 5.76 Å². The molecule has 2 aliphatic heterocycles. The second kappa shape index (κ2) is 10.1. The van der Waals surface area contributed by atoms with Crippen molar-refractivity contribution >= 4 is 28.5 Å². The largest absolute Gasteiger partial charge is 0.493 e. The average molecular weight is 513 g/mol. The number of fused-ring (bicyclic) bond motifs is 2. The predicted molar refractivity (Wildman–Crippen MR) is 137 cm³/mol. The van der Waals surface area contributed by atoms with Crippen molar-refractivity contribution in [1.82, 2.24) is 9.80 Å². The average Bonchev–Trinajstić information content (AvgIpc) is 3.17. The number of halogens is 1. The van der Waals surface area contributed by atoms with Crippen LogP contribution in [0, 0.1) is 6.92 Å². The van der Waals surface area contributed by atoms with E-state index in [0.717, 1.165) is 31.6 Å². The van der Waals surface area contributed by atoms with Crippen LogP contribution in [0.5, 0.6) is 11.5 Å². The van der Waals surface area contributed by atoms with Crippen molar-refractivity contribution in [2.75, 3.05) is 53.6 Å². The maximum atomic E-state index is 13.8. The minimum Gasteiger partial charge on any atom is -0.493 e. The van der Waals surface area contributed by atoms with Crippen LogP contribution in [0.4, 0.5) is 0 Å². The molecule has 0 N–H and O–H groups in total. The predicted octanol–water partition coefficient (Wildman–Crippen LogP) is 4.04. The molecule has 3 aromatic rings. The number of carbonyl (C=O) groups is 1. The molecule has 2 aliphatic rings. The highest BCUT2D eigenvalue weighted by atomic mass is 35.5. The van der Waals surface area contributed by atoms with E-state index in [1.54, 1.807) is 37.3 Å². The molecule has 0 aliphatic carbocycles. The molecular formula is C27H29ClN2O6. The lowest BCUT2D eigenvalue weighted by atomic mass is 9.97. The highest BCUT2D eigenvalue weighted by Gasteiger charge is 2.44. The lowest BCUT2D eigenvalue weighted by Gasteiger charge is -2.29. The number of methoxy groups -OCH3 is 2. The Labute approximate surface area is 214 Å². The first-order valence-electron chi connectivity index (χ1n) is 12.0. The van der Waals surface area contributed by atoms with E-state index in [4.69, 9.17) is 30.2 Å². The van der Waals surface area contributed by atoms with Crippen LogP contribution in [0.1, 0.15) is 39.7 Å². The van der Waals surface area contributed by atoms with Gasteiger partial charge in [0.05, 0.1) is 44.4 Å². The molecule has 1 aromatic heterocycles. The standard InChI is InChI=1S/C27H29ClN2O6/c1-16-14-21-18(15-19(16)28)24(31)22-23(17-6-4-7-20(33-2)25(17)34-3)30(27(32)26(22)36-21)9-5-8-29-10-12-35-13-11-29/h4,6-7,14-15,23H,5,8-13H2,1-3H3. The monoisotopic (exact) mass is 512 g/mol. The fraction of sp³-hybridized carbons (Fsp3) is 0.407. The molecular weight excluding hydrogens is 484 g/mol. The van der Waals surface area contributed by atoms with Gasteiger partial charge in [-0.05, 0) is 37.1 Å². The van der Waals surface area contributed by atoms with Gasteiger partial charge in [0.1, 0.15) is 5.58 Å². The molecule has 8 nitrogen and oxygen atoms in total. The van der Waals surface area contributed by atoms with Crippen molar-refractivity contribution in [1.29, 1.82) is 0 Å². The van der Waals surface area contributed by atoms with E-state index in [9.17, 15) is 9.59 Å². The first-order valence-corrected chi connectivity index (χ1v) is 12.4. The lowest BCUT2D eigenvalue weighted by molar-refractivity contribution is 0.0353. The molecule has 3 heterocycles. The summed E-state index contributed by atoms with van der Waals surface area (Å²) in [5.41, 5.74) is 1.81. The summed E-state index contributed by atoms with van der Waals surface area (Å²) >= 11 is 6.34. The molecule has 1 unspecified atom stereocenters. The Hall–Kier alpha value is -3.07. The number of aryl methyl sites for hydroxylation is 1. The van der Waals surface area contributed by atoms with E-state index in [1.807, 2.05) is 19.1 Å². The van der Waals surface area contributed by atoms with Gasteiger partial charge in [-0.2, -0.15) is 0 Å². The maximum absolute atomic E-state index is 13.8. The number of ether oxygens (including phenoxy) is 3. The molecule has 5 rings (SSSR count). The van der Waals surface area contributed by atoms with Gasteiger partial charge in [-0.3, -0.25) is 14.5 Å². The van der Waals surface area contributed by atoms with E-state index >= 15 is 0 Å². The van der Waals surface area contributed by atoms with Crippen molar-refractivity contribution < 1.29 is 23.4 Å². The summed E-state index contributed by atoms with van der Waals surface area (Å²) in [5.74, 6) is 0.752. The molecule has 9 heteroatoms. The van der Waals surface area contributed by atoms with E-state index in [0.29, 0.717) is 58.4 Å². The minimum atomic E-state index is -0.678. The Bertz CT molecular complexity index is 1360. The van der Waals surface area contributed by atoms with E-state index in [1.165, 1.54) is 0 Å². The van der Waals surface area contributed by atoms with Gasteiger partial charge in [0.25, 0.3) is 5.91 Å². The van der Waals surface area contributed by atoms with Crippen LogP contribution in [-0.2, 0) is 4.74 Å². The summed E-state index contributed by atoms with van der Waals surface area (Å²) in [7, 11) is 3.11. The molecule has 1 saturated heterocycles. The van der Waals surface area contributed by atoms with Crippen LogP contribution in [-0.4, -0.2) is 69.3 Å². The lowest BCUT2D eigenvalue weighted by Crippen LogP contribution is -2.39. The number of rotatable bonds is 7. The fourth-order valence-electron chi connectivity index (χ4n) is 5.11. The van der Waals surface area contributed by atoms with Crippen LogP contribution in [0.3, 0.4) is 0 Å². The minimum absolute atomic E-state index is 0.0652. The Kier molecular flexibility index (Phi) is 6.92. The molecule has 0 radical (unpaired) electrons. The van der Waals surface area contributed by atoms with Gasteiger partial charge < -0.3 is 23.5 Å². The van der Waals surface area contributed by atoms with Gasteiger partial charge >= 0.3 is 0 Å². The highest BCUT2D eigenvalue weighted by molar-refractivity contribution is 6.32. The Morgan fingerprint density at radius 2 is 1.86 bits per heavy atom. The summed E-state index contributed by atoms with van der Waals surface area (Å²) < 4.78 is 22.7. The molecule has 1 atom stereocenters. The summed E-state index contributed by atoms with van der Waals surface area (Å²) in [5, 5.41) is 0.816. The van der Waals surface area contributed by atoms with Crippen molar-refractivity contribution in [3.05, 3.63) is 68.0 Å². The third-order valence-electron chi connectivity index (χ3n) is 6.95. The number of benzene rings is 2. The summed E-state index contributed by atoms with van der Waals surface area (Å²) in [4.78, 5) is 31.6. The van der Waals surface area contributed by atoms with Gasteiger partial charge in [-0.25, -0.2) is 0 Å². The van der Waals surface area contributed by atoms with Gasteiger partial charge in [0, 0.05) is 36.8 Å². The first-order chi connectivity index (χ1) is 17.4. The number of carbonyl (C=O) groups excluding carboxylic acids is 1. The number of morpholine rings is 1. The summed E-state index contributed by atoms with van der Waals surface area (Å²) in [6, 6.07) is 8.11. The Balaban J connectivity index is 1.62. The van der Waals surface area contributed by atoms with Crippen molar-refractivity contribution in [3.63, 3.8) is 0 Å². The van der Waals surface area contributed by atoms with E-state index in [-0.39, 0.29) is 17.1 Å². The van der Waals surface area contributed by atoms with E-state index in [2.05, 4.69) is 4.90 Å². The van der Waals surface area contributed by atoms with Crippen molar-refractivity contribution in [2.24, 2.45) is 0 Å². The quantitative estimate of drug-likeness (QED) is 0.472. The van der Waals surface area contributed by atoms with Gasteiger partial charge in [-0.15, -0.1) is 0 Å². The Morgan fingerprint density at radius 1 is 1.08 bits per heavy atom. The number of hydrogen-bond acceptors (Lipinski definition) is 7. The van der Waals surface area contributed by atoms with Gasteiger partial charge in [0.15, 0.2) is 16.9 Å². The molecule has 0 spiro atoms. The van der Waals surface area contributed by atoms with Gasteiger partial charge in [-0.1, -0.05) is 23.7 Å². The summed E-state index contributed by atoms with van der Waals surface area (Å²) in [6.07, 6.45) is 0.737. The Morgan fingerprint density at radius 3 is 2.58 bits per heavy atom. The fourth-order valence-corrected chi connectivity index (χ4v) is 5.28. The van der Waals surface area contributed by atoms with Crippen LogP contribution in [0.2, 0.25) is 5.02 Å². The third-order valence-corrected chi connectivity index (χ3v) is 7.36. The normalized spacial score (nSPS) is 18.1. The zero-order valence-corrected chi connectivity index (χ0v) is 21.4. The zero-order chi connectivity index (χ0) is 25.4. The molecule has 190 valence electrons. The van der Waals surface area contributed by atoms with Crippen molar-refractivity contribution in [2.45, 2.75) is 19.4 Å². The third kappa shape index (κ3) is 4.23. The topological polar surface area (TPSA) is 81.5 Å². The van der Waals surface area contributed by atoms with Crippen LogP contribution >= 0.6 is 11.6 Å². The number of hydrogen-bond donors (Lipinski definition) is 0. The number of para-hydroxylation sites is 1. The SMILES string of the molecule is COc1cccc(C2c3c(oc4cc(C)c(Cl)cc4c3=O)C(=O)N2CCCN2CCOCC2)c1OC. The zero-order valence-electron chi connectivity index (χ0n) is 20.6. The van der Waals surface area contributed by atoms with Crippen LogP contribution in [0.15, 0.2) is 39.5 Å². The first kappa shape index (κ1) is 24.6. The van der Waals surface area contributed by atoms with Crippen LogP contribution < -0.4 is 14.9 Å². The molecule has 1 fully saturated rings. The van der Waals surface area contributed by atoms with E-state index < -0.39 is 6.04 Å². The maximum Gasteiger partial charge on any atom is 0.290 e. The second-order valence-electron chi connectivity index (χ2n) is 9.06. The summed E-state index contributed by atoms with van der Waals surface area (Å²) in [6.45, 7) is 6.26. The molecule has 36 heavy (non-hydrogen) atoms. The number of nitrogens with zero attached hydrogens (tertiary/aromatic N) is 2. The second-order valence-corrected chi connectivity index (χ2v) is 9.47. The van der Waals surface area contributed by atoms with Crippen molar-refractivity contribution in [3.8, 4) is 11.5 Å². The molecule has 0 bridgehead atoms. The van der Waals surface area contributed by atoms with Crippen LogP contribution in [0.25, 0.3) is 11.0 Å². The molecule has 1 amide bonds. The molecule has 0 saturated carbocycles. The highest BCUT2D eigenvalue weighted by Crippen LogP contribution is 2.44. The number of amides is 1.